The van der Waals surface area contributed by atoms with Gasteiger partial charge in [-0.05, 0) is 24.3 Å². The highest BCUT2D eigenvalue weighted by Gasteiger charge is 2.34. The van der Waals surface area contributed by atoms with E-state index in [4.69, 9.17) is 5.11 Å². The molecule has 1 aromatic heterocycles. The van der Waals surface area contributed by atoms with Gasteiger partial charge in [-0.2, -0.15) is 13.2 Å². The van der Waals surface area contributed by atoms with Crippen LogP contribution in [0.5, 0.6) is 0 Å². The quantitative estimate of drug-likeness (QED) is 0.842. The Balaban J connectivity index is 2.50. The van der Waals surface area contributed by atoms with Crippen molar-refractivity contribution in [3.05, 3.63) is 47.8 Å². The van der Waals surface area contributed by atoms with Gasteiger partial charge in [0.2, 0.25) is 0 Å². The van der Waals surface area contributed by atoms with Gasteiger partial charge >= 0.3 is 6.18 Å². The molecule has 2 rings (SSSR count). The van der Waals surface area contributed by atoms with Crippen LogP contribution in [-0.4, -0.2) is 14.7 Å². The van der Waals surface area contributed by atoms with Gasteiger partial charge in [-0.25, -0.2) is 9.37 Å². The average Bonchev–Trinajstić information content (AvgIpc) is 2.73. The summed E-state index contributed by atoms with van der Waals surface area (Å²) in [5.74, 6) is -0.658. The normalized spacial score (nSPS) is 11.8. The third-order valence-corrected chi connectivity index (χ3v) is 2.32. The van der Waals surface area contributed by atoms with Crippen LogP contribution >= 0.6 is 0 Å². The van der Waals surface area contributed by atoms with Crippen LogP contribution in [0.15, 0.2) is 30.5 Å². The molecule has 96 valence electrons. The maximum Gasteiger partial charge on any atom is 0.434 e. The van der Waals surface area contributed by atoms with E-state index in [0.717, 1.165) is 22.9 Å². The fraction of sp³-hybridized carbons (Fsp3) is 0.182. The Morgan fingerprint density at radius 2 is 1.78 bits per heavy atom. The Bertz CT molecular complexity index is 545. The molecule has 0 unspecified atom stereocenters. The molecule has 18 heavy (non-hydrogen) atoms. The first kappa shape index (κ1) is 12.6. The fourth-order valence-corrected chi connectivity index (χ4v) is 1.49. The zero-order valence-electron chi connectivity index (χ0n) is 8.95. The second-order valence-electron chi connectivity index (χ2n) is 3.54. The van der Waals surface area contributed by atoms with Crippen molar-refractivity contribution in [2.45, 2.75) is 12.8 Å². The number of aliphatic hydroxyl groups is 1. The van der Waals surface area contributed by atoms with Gasteiger partial charge in [0.05, 0.1) is 0 Å². The van der Waals surface area contributed by atoms with Crippen molar-refractivity contribution in [1.29, 1.82) is 0 Å². The Hall–Kier alpha value is -1.89. The van der Waals surface area contributed by atoms with Gasteiger partial charge in [-0.15, -0.1) is 0 Å². The molecule has 0 aliphatic carbocycles. The first-order chi connectivity index (χ1) is 8.41. The van der Waals surface area contributed by atoms with E-state index < -0.39 is 24.3 Å². The number of rotatable bonds is 2. The molecular weight excluding hydrogens is 252 g/mol. The summed E-state index contributed by atoms with van der Waals surface area (Å²) in [6.07, 6.45) is -3.83. The molecule has 7 heteroatoms. The molecule has 0 saturated carbocycles. The van der Waals surface area contributed by atoms with Crippen LogP contribution in [-0.2, 0) is 12.8 Å². The molecule has 0 aliphatic rings. The van der Waals surface area contributed by atoms with Crippen molar-refractivity contribution in [3.8, 4) is 5.69 Å². The molecule has 0 atom stereocenters. The number of aliphatic hydroxyl groups excluding tert-OH is 1. The monoisotopic (exact) mass is 260 g/mol. The van der Waals surface area contributed by atoms with Crippen molar-refractivity contribution in [3.63, 3.8) is 0 Å². The first-order valence-corrected chi connectivity index (χ1v) is 4.94. The summed E-state index contributed by atoms with van der Waals surface area (Å²) < 4.78 is 51.2. The number of halogens is 4. The third-order valence-electron chi connectivity index (χ3n) is 2.32. The van der Waals surface area contributed by atoms with Crippen LogP contribution in [0.4, 0.5) is 17.6 Å². The summed E-state index contributed by atoms with van der Waals surface area (Å²) in [7, 11) is 0. The van der Waals surface area contributed by atoms with Crippen LogP contribution in [0.1, 0.15) is 11.5 Å². The number of alkyl halides is 3. The topological polar surface area (TPSA) is 38.1 Å². The van der Waals surface area contributed by atoms with Crippen LogP contribution in [0.2, 0.25) is 0 Å². The van der Waals surface area contributed by atoms with Crippen molar-refractivity contribution in [2.24, 2.45) is 0 Å². The Morgan fingerprint density at radius 3 is 2.28 bits per heavy atom. The highest BCUT2D eigenvalue weighted by molar-refractivity contribution is 5.34. The zero-order valence-corrected chi connectivity index (χ0v) is 8.95. The molecule has 3 nitrogen and oxygen atoms in total. The smallest absolute Gasteiger partial charge is 0.388 e. The first-order valence-electron chi connectivity index (χ1n) is 4.94. The molecule has 1 aromatic carbocycles. The predicted octanol–water partition coefficient (Wildman–Crippen LogP) is 2.52. The van der Waals surface area contributed by atoms with E-state index in [9.17, 15) is 17.6 Å². The van der Waals surface area contributed by atoms with Crippen LogP contribution in [0.3, 0.4) is 0 Å². The van der Waals surface area contributed by atoms with Gasteiger partial charge in [0.1, 0.15) is 18.2 Å². The van der Waals surface area contributed by atoms with E-state index in [2.05, 4.69) is 4.98 Å². The summed E-state index contributed by atoms with van der Waals surface area (Å²) >= 11 is 0. The van der Waals surface area contributed by atoms with Crippen LogP contribution in [0.25, 0.3) is 5.69 Å². The van der Waals surface area contributed by atoms with E-state index in [1.807, 2.05) is 0 Å². The van der Waals surface area contributed by atoms with Crippen molar-refractivity contribution < 1.29 is 22.7 Å². The van der Waals surface area contributed by atoms with Crippen molar-refractivity contribution in [2.75, 3.05) is 0 Å². The summed E-state index contributed by atoms with van der Waals surface area (Å²) in [4.78, 5) is 3.29. The van der Waals surface area contributed by atoms with Gasteiger partial charge in [0.15, 0.2) is 5.69 Å². The molecule has 2 aromatic rings. The van der Waals surface area contributed by atoms with Crippen LogP contribution in [0, 0.1) is 5.82 Å². The summed E-state index contributed by atoms with van der Waals surface area (Å²) in [6.45, 7) is -0.645. The number of aromatic nitrogens is 2. The minimum Gasteiger partial charge on any atom is -0.388 e. The lowest BCUT2D eigenvalue weighted by Crippen LogP contribution is -2.05. The minimum atomic E-state index is -4.59. The predicted molar refractivity (Wildman–Crippen MR) is 54.4 cm³/mol. The van der Waals surface area contributed by atoms with E-state index in [1.54, 1.807) is 0 Å². The number of benzene rings is 1. The van der Waals surface area contributed by atoms with E-state index in [-0.39, 0.29) is 5.82 Å². The Morgan fingerprint density at radius 1 is 1.17 bits per heavy atom. The minimum absolute atomic E-state index is 0.158. The Kier molecular flexibility index (Phi) is 3.08. The third kappa shape index (κ3) is 2.35. The molecule has 0 spiro atoms. The van der Waals surface area contributed by atoms with E-state index in [0.29, 0.717) is 5.69 Å². The molecular formula is C11H8F4N2O. The fourth-order valence-electron chi connectivity index (χ4n) is 1.49. The number of hydrogen-bond acceptors (Lipinski definition) is 2. The summed E-state index contributed by atoms with van der Waals surface area (Å²) in [5, 5.41) is 8.99. The zero-order chi connectivity index (χ0) is 13.3. The van der Waals surface area contributed by atoms with Gasteiger partial charge in [-0.3, -0.25) is 0 Å². The second kappa shape index (κ2) is 4.41. The van der Waals surface area contributed by atoms with Gasteiger partial charge in [-0.1, -0.05) is 0 Å². The van der Waals surface area contributed by atoms with Crippen molar-refractivity contribution >= 4 is 0 Å². The second-order valence-corrected chi connectivity index (χ2v) is 3.54. The number of hydrogen-bond donors (Lipinski definition) is 1. The van der Waals surface area contributed by atoms with Crippen molar-refractivity contribution in [1.82, 2.24) is 9.55 Å². The summed E-state index contributed by atoms with van der Waals surface area (Å²) in [5.41, 5.74) is -0.806. The highest BCUT2D eigenvalue weighted by Crippen LogP contribution is 2.29. The van der Waals surface area contributed by atoms with Gasteiger partial charge in [0.25, 0.3) is 0 Å². The van der Waals surface area contributed by atoms with E-state index in [1.165, 1.54) is 12.1 Å². The van der Waals surface area contributed by atoms with E-state index >= 15 is 0 Å². The molecule has 0 bridgehead atoms. The Labute approximate surface area is 99.3 Å². The average molecular weight is 260 g/mol. The molecule has 0 amide bonds. The molecule has 0 aliphatic heterocycles. The lowest BCUT2D eigenvalue weighted by molar-refractivity contribution is -0.141. The summed E-state index contributed by atoms with van der Waals surface area (Å²) in [6, 6.07) is 4.83. The molecule has 0 fully saturated rings. The lowest BCUT2D eigenvalue weighted by Gasteiger charge is -2.05. The lowest BCUT2D eigenvalue weighted by atomic mass is 10.3. The van der Waals surface area contributed by atoms with Crippen LogP contribution < -0.4 is 0 Å². The maximum atomic E-state index is 12.7. The van der Waals surface area contributed by atoms with Gasteiger partial charge < -0.3 is 9.67 Å². The molecule has 0 radical (unpaired) electrons. The molecule has 1 N–H and O–H groups in total. The standard InChI is InChI=1S/C11H8F4N2O/c12-7-1-3-8(4-2-7)17-5-9(11(13,14)15)16-10(17)6-18/h1-5,18H,6H2. The maximum absolute atomic E-state index is 12.7. The highest BCUT2D eigenvalue weighted by atomic mass is 19.4. The van der Waals surface area contributed by atoms with Gasteiger partial charge in [0, 0.05) is 11.9 Å². The number of nitrogens with zero attached hydrogens (tertiary/aromatic N) is 2. The SMILES string of the molecule is OCc1nc(C(F)(F)F)cn1-c1ccc(F)cc1. The molecule has 1 heterocycles. The largest absolute Gasteiger partial charge is 0.434 e. The number of imidazole rings is 1. The molecule has 0 saturated heterocycles.